The molecule has 1 fully saturated rings. The molecule has 0 spiro atoms. The number of amides is 2. The summed E-state index contributed by atoms with van der Waals surface area (Å²) < 4.78 is 5.15. The topological polar surface area (TPSA) is 96.7 Å². The van der Waals surface area contributed by atoms with Crippen LogP contribution in [-0.4, -0.2) is 62.6 Å². The maximum Gasteiger partial charge on any atom is 0.255 e. The number of ether oxygens (including phenoxy) is 1. The van der Waals surface area contributed by atoms with E-state index in [2.05, 4.69) is 15.5 Å². The molecule has 4 N–H and O–H groups in total. The van der Waals surface area contributed by atoms with Gasteiger partial charge in [0, 0.05) is 38.3 Å². The minimum absolute atomic E-state index is 0.105. The van der Waals surface area contributed by atoms with Gasteiger partial charge in [-0.2, -0.15) is 0 Å². The Balaban J connectivity index is 1.67. The highest BCUT2D eigenvalue weighted by atomic mass is 16.5. The molecule has 1 aromatic rings. The molecule has 0 aliphatic carbocycles. The number of benzene rings is 1. The fraction of sp³-hybridized carbons (Fsp3) is 0.500. The minimum Gasteiger partial charge on any atom is -0.484 e. The van der Waals surface area contributed by atoms with Gasteiger partial charge < -0.3 is 26.0 Å². The number of primary amides is 1. The zero-order chi connectivity index (χ0) is 16.5. The Morgan fingerprint density at radius 2 is 1.91 bits per heavy atom. The second-order valence-electron chi connectivity index (χ2n) is 5.48. The van der Waals surface area contributed by atoms with Crippen LogP contribution in [0.2, 0.25) is 0 Å². The molecule has 1 saturated heterocycles. The van der Waals surface area contributed by atoms with Crippen molar-refractivity contribution in [2.45, 2.75) is 6.42 Å². The van der Waals surface area contributed by atoms with Crippen LogP contribution in [0, 0.1) is 0 Å². The summed E-state index contributed by atoms with van der Waals surface area (Å²) in [6.45, 7) is 5.70. The number of hydrogen-bond acceptors (Lipinski definition) is 5. The van der Waals surface area contributed by atoms with Crippen molar-refractivity contribution in [3.63, 3.8) is 0 Å². The van der Waals surface area contributed by atoms with E-state index in [1.807, 2.05) is 0 Å². The standard InChI is InChI=1S/C16H24N4O3/c17-15(21)12-23-14-4-2-13(3-5-14)16(22)19-6-1-9-20-10-7-18-8-11-20/h2-5,18H,1,6-12H2,(H2,17,21)(H,19,22). The van der Waals surface area contributed by atoms with E-state index in [0.29, 0.717) is 17.9 Å². The van der Waals surface area contributed by atoms with E-state index in [1.165, 1.54) is 0 Å². The normalized spacial score (nSPS) is 15.1. The summed E-state index contributed by atoms with van der Waals surface area (Å²) in [5, 5.41) is 6.23. The van der Waals surface area contributed by atoms with Crippen LogP contribution in [0.15, 0.2) is 24.3 Å². The second kappa shape index (κ2) is 9.12. The van der Waals surface area contributed by atoms with E-state index in [4.69, 9.17) is 10.5 Å². The van der Waals surface area contributed by atoms with Gasteiger partial charge in [-0.3, -0.25) is 9.59 Å². The molecule has 0 bridgehead atoms. The van der Waals surface area contributed by atoms with Crippen molar-refractivity contribution in [3.05, 3.63) is 29.8 Å². The van der Waals surface area contributed by atoms with Crippen molar-refractivity contribution in [1.82, 2.24) is 15.5 Å². The molecule has 2 rings (SSSR count). The first-order chi connectivity index (χ1) is 11.1. The molecule has 126 valence electrons. The maximum atomic E-state index is 12.0. The molecule has 1 aliphatic rings. The van der Waals surface area contributed by atoms with Crippen LogP contribution in [0.3, 0.4) is 0 Å². The lowest BCUT2D eigenvalue weighted by Crippen LogP contribution is -2.44. The number of carbonyl (C=O) groups excluding carboxylic acids is 2. The lowest BCUT2D eigenvalue weighted by molar-refractivity contribution is -0.119. The number of nitrogens with zero attached hydrogens (tertiary/aromatic N) is 1. The van der Waals surface area contributed by atoms with Gasteiger partial charge in [-0.25, -0.2) is 0 Å². The minimum atomic E-state index is -0.531. The van der Waals surface area contributed by atoms with Crippen LogP contribution in [0.4, 0.5) is 0 Å². The quantitative estimate of drug-likeness (QED) is 0.565. The molecular weight excluding hydrogens is 296 g/mol. The summed E-state index contributed by atoms with van der Waals surface area (Å²) in [7, 11) is 0. The Morgan fingerprint density at radius 1 is 1.22 bits per heavy atom. The SMILES string of the molecule is NC(=O)COc1ccc(C(=O)NCCCN2CCNCC2)cc1. The lowest BCUT2D eigenvalue weighted by atomic mass is 10.2. The summed E-state index contributed by atoms with van der Waals surface area (Å²) in [5.41, 5.74) is 5.57. The average Bonchev–Trinajstić information content (AvgIpc) is 2.58. The fourth-order valence-electron chi connectivity index (χ4n) is 2.40. The number of carbonyl (C=O) groups is 2. The van der Waals surface area contributed by atoms with Gasteiger partial charge in [-0.1, -0.05) is 0 Å². The first-order valence-corrected chi connectivity index (χ1v) is 7.87. The Morgan fingerprint density at radius 3 is 2.57 bits per heavy atom. The first-order valence-electron chi connectivity index (χ1n) is 7.87. The molecule has 1 heterocycles. The van der Waals surface area contributed by atoms with Crippen LogP contribution in [-0.2, 0) is 4.79 Å². The second-order valence-corrected chi connectivity index (χ2v) is 5.48. The number of hydrogen-bond donors (Lipinski definition) is 3. The van der Waals surface area contributed by atoms with Gasteiger partial charge in [0.25, 0.3) is 11.8 Å². The Hall–Kier alpha value is -2.12. The van der Waals surface area contributed by atoms with E-state index in [9.17, 15) is 9.59 Å². The highest BCUT2D eigenvalue weighted by molar-refractivity contribution is 5.94. The van der Waals surface area contributed by atoms with E-state index in [-0.39, 0.29) is 12.5 Å². The molecule has 7 nitrogen and oxygen atoms in total. The summed E-state index contributed by atoms with van der Waals surface area (Å²) in [4.78, 5) is 25.1. The molecule has 1 aliphatic heterocycles. The maximum absolute atomic E-state index is 12.0. The van der Waals surface area contributed by atoms with E-state index in [1.54, 1.807) is 24.3 Å². The van der Waals surface area contributed by atoms with Gasteiger partial charge >= 0.3 is 0 Å². The zero-order valence-corrected chi connectivity index (χ0v) is 13.2. The van der Waals surface area contributed by atoms with E-state index in [0.717, 1.165) is 39.1 Å². The van der Waals surface area contributed by atoms with E-state index < -0.39 is 5.91 Å². The van der Waals surface area contributed by atoms with Crippen molar-refractivity contribution in [2.24, 2.45) is 5.73 Å². The molecule has 0 atom stereocenters. The predicted octanol–water partition coefficient (Wildman–Crippen LogP) is -0.424. The third-order valence-electron chi connectivity index (χ3n) is 3.64. The third kappa shape index (κ3) is 6.25. The number of piperazine rings is 1. The number of rotatable bonds is 8. The predicted molar refractivity (Wildman–Crippen MR) is 87.4 cm³/mol. The lowest BCUT2D eigenvalue weighted by Gasteiger charge is -2.27. The third-order valence-corrected chi connectivity index (χ3v) is 3.64. The van der Waals surface area contributed by atoms with Crippen molar-refractivity contribution >= 4 is 11.8 Å². The van der Waals surface area contributed by atoms with Crippen LogP contribution >= 0.6 is 0 Å². The van der Waals surface area contributed by atoms with Crippen LogP contribution in [0.5, 0.6) is 5.75 Å². The van der Waals surface area contributed by atoms with E-state index >= 15 is 0 Å². The Labute approximate surface area is 136 Å². The van der Waals surface area contributed by atoms with Crippen LogP contribution < -0.4 is 21.1 Å². The average molecular weight is 320 g/mol. The van der Waals surface area contributed by atoms with Crippen molar-refractivity contribution in [2.75, 3.05) is 45.9 Å². The van der Waals surface area contributed by atoms with Gasteiger partial charge in [0.15, 0.2) is 6.61 Å². The van der Waals surface area contributed by atoms with Gasteiger partial charge in [0.05, 0.1) is 0 Å². The van der Waals surface area contributed by atoms with Gasteiger partial charge in [-0.15, -0.1) is 0 Å². The summed E-state index contributed by atoms with van der Waals surface area (Å²) in [6, 6.07) is 6.64. The molecule has 2 amide bonds. The highest BCUT2D eigenvalue weighted by Crippen LogP contribution is 2.12. The summed E-state index contributed by atoms with van der Waals surface area (Å²) >= 11 is 0. The molecule has 1 aromatic carbocycles. The molecule has 23 heavy (non-hydrogen) atoms. The monoisotopic (exact) mass is 320 g/mol. The number of nitrogens with one attached hydrogen (secondary N) is 2. The summed E-state index contributed by atoms with van der Waals surface area (Å²) in [5.74, 6) is -0.123. The van der Waals surface area contributed by atoms with Crippen molar-refractivity contribution in [1.29, 1.82) is 0 Å². The molecule has 0 saturated carbocycles. The largest absolute Gasteiger partial charge is 0.484 e. The fourth-order valence-corrected chi connectivity index (χ4v) is 2.40. The first kappa shape index (κ1) is 17.2. The molecule has 7 heteroatoms. The Kier molecular flexibility index (Phi) is 6.83. The van der Waals surface area contributed by atoms with Gasteiger partial charge in [0.2, 0.25) is 0 Å². The molecule has 0 unspecified atom stereocenters. The van der Waals surface area contributed by atoms with Crippen LogP contribution in [0.1, 0.15) is 16.8 Å². The highest BCUT2D eigenvalue weighted by Gasteiger charge is 2.09. The van der Waals surface area contributed by atoms with Gasteiger partial charge in [0.1, 0.15) is 5.75 Å². The van der Waals surface area contributed by atoms with Crippen LogP contribution in [0.25, 0.3) is 0 Å². The number of nitrogens with two attached hydrogens (primary N) is 1. The van der Waals surface area contributed by atoms with Gasteiger partial charge in [-0.05, 0) is 37.2 Å². The Bertz CT molecular complexity index is 513. The smallest absolute Gasteiger partial charge is 0.255 e. The molecular formula is C16H24N4O3. The summed E-state index contributed by atoms with van der Waals surface area (Å²) in [6.07, 6.45) is 0.936. The molecule has 0 radical (unpaired) electrons. The zero-order valence-electron chi connectivity index (χ0n) is 13.2. The molecule has 0 aromatic heterocycles. The van der Waals surface area contributed by atoms with Crippen molar-refractivity contribution in [3.8, 4) is 5.75 Å². The van der Waals surface area contributed by atoms with Crippen molar-refractivity contribution < 1.29 is 14.3 Å².